The number of halogens is 1. The number of hydrogen-bond acceptors (Lipinski definition) is 3. The fourth-order valence-electron chi connectivity index (χ4n) is 2.05. The molecule has 2 aromatic carbocycles. The van der Waals surface area contributed by atoms with E-state index in [1.165, 1.54) is 0 Å². The van der Waals surface area contributed by atoms with Gasteiger partial charge in [0.05, 0.1) is 23.9 Å². The van der Waals surface area contributed by atoms with Crippen molar-refractivity contribution < 1.29 is 9.21 Å². The molecule has 0 saturated carbocycles. The molecule has 112 valence electrons. The molecular weight excluding hydrogens is 300 g/mol. The van der Waals surface area contributed by atoms with Crippen LogP contribution in [0.1, 0.15) is 10.4 Å². The average molecular weight is 315 g/mol. The molecule has 0 fully saturated rings. The molecule has 0 aliphatic carbocycles. The van der Waals surface area contributed by atoms with E-state index in [4.69, 9.17) is 10.2 Å². The third-order valence-electron chi connectivity index (χ3n) is 3.21. The molecule has 22 heavy (non-hydrogen) atoms. The summed E-state index contributed by atoms with van der Waals surface area (Å²) in [6.07, 6.45) is 3.29. The minimum Gasteiger partial charge on any atom is -0.472 e. The Hall–Kier alpha value is -2.72. The van der Waals surface area contributed by atoms with Gasteiger partial charge in [0.2, 0.25) is 0 Å². The number of hydrogen-bond donors (Lipinski definition) is 2. The summed E-state index contributed by atoms with van der Waals surface area (Å²) < 4.78 is 5.05. The second-order valence-electron chi connectivity index (χ2n) is 4.63. The van der Waals surface area contributed by atoms with Gasteiger partial charge in [-0.15, -0.1) is 12.4 Å². The van der Waals surface area contributed by atoms with Crippen LogP contribution >= 0.6 is 12.4 Å². The van der Waals surface area contributed by atoms with Crippen LogP contribution in [0.4, 0.5) is 11.4 Å². The summed E-state index contributed by atoms with van der Waals surface area (Å²) in [6.45, 7) is 0. The molecule has 0 bridgehead atoms. The number of carbonyl (C=O) groups is 1. The molecule has 3 rings (SSSR count). The third kappa shape index (κ3) is 3.30. The Balaban J connectivity index is 0.00000176. The van der Waals surface area contributed by atoms with Crippen LogP contribution in [-0.4, -0.2) is 5.91 Å². The van der Waals surface area contributed by atoms with Gasteiger partial charge in [0.1, 0.15) is 0 Å². The summed E-state index contributed by atoms with van der Waals surface area (Å²) in [5, 5.41) is 2.80. The van der Waals surface area contributed by atoms with E-state index in [-0.39, 0.29) is 18.3 Å². The van der Waals surface area contributed by atoms with Gasteiger partial charge in [-0.2, -0.15) is 0 Å². The van der Waals surface area contributed by atoms with Crippen molar-refractivity contribution >= 4 is 29.7 Å². The van der Waals surface area contributed by atoms with Gasteiger partial charge >= 0.3 is 0 Å². The van der Waals surface area contributed by atoms with Crippen molar-refractivity contribution in [3.05, 3.63) is 72.7 Å². The summed E-state index contributed by atoms with van der Waals surface area (Å²) in [7, 11) is 0. The van der Waals surface area contributed by atoms with E-state index < -0.39 is 0 Å². The summed E-state index contributed by atoms with van der Waals surface area (Å²) in [4.78, 5) is 12.2. The Bertz CT molecular complexity index is 753. The summed E-state index contributed by atoms with van der Waals surface area (Å²) in [6, 6.07) is 16.4. The van der Waals surface area contributed by atoms with Crippen LogP contribution in [-0.2, 0) is 0 Å². The molecule has 1 amide bonds. The van der Waals surface area contributed by atoms with Gasteiger partial charge in [0.25, 0.3) is 5.91 Å². The van der Waals surface area contributed by atoms with Gasteiger partial charge in [-0.3, -0.25) is 4.79 Å². The number of nitrogen functional groups attached to an aromatic ring is 1. The van der Waals surface area contributed by atoms with Crippen molar-refractivity contribution in [1.82, 2.24) is 0 Å². The molecule has 5 heteroatoms. The Morgan fingerprint density at radius 3 is 2.32 bits per heavy atom. The molecule has 0 radical (unpaired) electrons. The maximum Gasteiger partial charge on any atom is 0.255 e. The van der Waals surface area contributed by atoms with Gasteiger partial charge in [-0.05, 0) is 35.9 Å². The number of para-hydroxylation sites is 2. The van der Waals surface area contributed by atoms with Crippen molar-refractivity contribution in [3.63, 3.8) is 0 Å². The first kappa shape index (κ1) is 15.7. The van der Waals surface area contributed by atoms with Crippen molar-refractivity contribution in [2.24, 2.45) is 0 Å². The zero-order chi connectivity index (χ0) is 14.7. The lowest BCUT2D eigenvalue weighted by Crippen LogP contribution is -2.12. The Morgan fingerprint density at radius 1 is 0.955 bits per heavy atom. The molecular formula is C17H15ClN2O2. The van der Waals surface area contributed by atoms with Crippen LogP contribution in [0, 0.1) is 0 Å². The predicted molar refractivity (Wildman–Crippen MR) is 90.2 cm³/mol. The quantitative estimate of drug-likeness (QED) is 0.712. The first-order valence-corrected chi connectivity index (χ1v) is 6.52. The fourth-order valence-corrected chi connectivity index (χ4v) is 2.05. The number of furan rings is 1. The number of carbonyl (C=O) groups excluding carboxylic acids is 1. The van der Waals surface area contributed by atoms with Crippen LogP contribution in [0.3, 0.4) is 0 Å². The highest BCUT2D eigenvalue weighted by molar-refractivity contribution is 6.05. The topological polar surface area (TPSA) is 68.3 Å². The van der Waals surface area contributed by atoms with Crippen LogP contribution in [0.2, 0.25) is 0 Å². The lowest BCUT2D eigenvalue weighted by Gasteiger charge is -2.08. The highest BCUT2D eigenvalue weighted by atomic mass is 35.5. The molecule has 0 atom stereocenters. The van der Waals surface area contributed by atoms with E-state index in [2.05, 4.69) is 5.32 Å². The van der Waals surface area contributed by atoms with Crippen LogP contribution in [0.15, 0.2) is 71.5 Å². The molecule has 3 aromatic rings. The number of nitrogens with one attached hydrogen (secondary N) is 1. The normalized spacial score (nSPS) is 9.82. The number of anilines is 2. The van der Waals surface area contributed by atoms with E-state index in [0.717, 1.165) is 11.1 Å². The molecule has 1 heterocycles. The molecule has 0 unspecified atom stereocenters. The van der Waals surface area contributed by atoms with E-state index >= 15 is 0 Å². The van der Waals surface area contributed by atoms with Gasteiger partial charge in [0, 0.05) is 11.1 Å². The van der Waals surface area contributed by atoms with Gasteiger partial charge in [-0.25, -0.2) is 0 Å². The molecule has 0 spiro atoms. The lowest BCUT2D eigenvalue weighted by molar-refractivity contribution is 0.102. The van der Waals surface area contributed by atoms with Gasteiger partial charge < -0.3 is 15.5 Å². The molecule has 4 nitrogen and oxygen atoms in total. The Labute approximate surface area is 134 Å². The second-order valence-corrected chi connectivity index (χ2v) is 4.63. The molecule has 3 N–H and O–H groups in total. The maximum atomic E-state index is 12.2. The highest BCUT2D eigenvalue weighted by Crippen LogP contribution is 2.21. The number of amides is 1. The smallest absolute Gasteiger partial charge is 0.255 e. The summed E-state index contributed by atoms with van der Waals surface area (Å²) >= 11 is 0. The standard InChI is InChI=1S/C17H14N2O2.ClH/c18-15-3-1-2-4-16(15)19-17(20)13-7-5-12(6-8-13)14-9-10-21-11-14;/h1-11H,18H2,(H,19,20);1H. The second kappa shape index (κ2) is 6.83. The zero-order valence-electron chi connectivity index (χ0n) is 11.7. The molecule has 0 saturated heterocycles. The summed E-state index contributed by atoms with van der Waals surface area (Å²) in [5.41, 5.74) is 9.52. The number of rotatable bonds is 3. The van der Waals surface area contributed by atoms with Gasteiger partial charge in [-0.1, -0.05) is 24.3 Å². The first-order chi connectivity index (χ1) is 10.2. The predicted octanol–water partition coefficient (Wildman–Crippen LogP) is 4.20. The SMILES string of the molecule is Cl.Nc1ccccc1NC(=O)c1ccc(-c2ccoc2)cc1. The van der Waals surface area contributed by atoms with Crippen molar-refractivity contribution in [2.75, 3.05) is 11.1 Å². The van der Waals surface area contributed by atoms with Crippen molar-refractivity contribution in [2.45, 2.75) is 0 Å². The van der Waals surface area contributed by atoms with Crippen molar-refractivity contribution in [1.29, 1.82) is 0 Å². The third-order valence-corrected chi connectivity index (χ3v) is 3.21. The first-order valence-electron chi connectivity index (χ1n) is 6.52. The van der Waals surface area contributed by atoms with E-state index in [9.17, 15) is 4.79 Å². The molecule has 0 aliphatic heterocycles. The monoisotopic (exact) mass is 314 g/mol. The van der Waals surface area contributed by atoms with Crippen molar-refractivity contribution in [3.8, 4) is 11.1 Å². The zero-order valence-corrected chi connectivity index (χ0v) is 12.5. The molecule has 0 aliphatic rings. The number of benzene rings is 2. The lowest BCUT2D eigenvalue weighted by atomic mass is 10.1. The van der Waals surface area contributed by atoms with Crippen LogP contribution in [0.25, 0.3) is 11.1 Å². The van der Waals surface area contributed by atoms with Gasteiger partial charge in [0.15, 0.2) is 0 Å². The highest BCUT2D eigenvalue weighted by Gasteiger charge is 2.08. The Morgan fingerprint density at radius 2 is 1.68 bits per heavy atom. The fraction of sp³-hybridized carbons (Fsp3) is 0. The Kier molecular flexibility index (Phi) is 4.86. The van der Waals surface area contributed by atoms with Crippen LogP contribution in [0.5, 0.6) is 0 Å². The van der Waals surface area contributed by atoms with E-state index in [1.807, 2.05) is 30.3 Å². The van der Waals surface area contributed by atoms with E-state index in [0.29, 0.717) is 16.9 Å². The number of nitrogens with two attached hydrogens (primary N) is 1. The average Bonchev–Trinajstić information content (AvgIpc) is 3.04. The van der Waals surface area contributed by atoms with E-state index in [1.54, 1.807) is 36.8 Å². The largest absolute Gasteiger partial charge is 0.472 e. The minimum atomic E-state index is -0.188. The maximum absolute atomic E-state index is 12.2. The minimum absolute atomic E-state index is 0. The molecule has 1 aromatic heterocycles. The summed E-state index contributed by atoms with van der Waals surface area (Å²) in [5.74, 6) is -0.188. The van der Waals surface area contributed by atoms with Crippen LogP contribution < -0.4 is 11.1 Å².